The van der Waals surface area contributed by atoms with Gasteiger partial charge in [-0.25, -0.2) is 5.43 Å². The van der Waals surface area contributed by atoms with Gasteiger partial charge in [-0.15, -0.1) is 0 Å². The van der Waals surface area contributed by atoms with E-state index in [-0.39, 0.29) is 10.2 Å². The summed E-state index contributed by atoms with van der Waals surface area (Å²) in [5.74, 6) is 4.86. The van der Waals surface area contributed by atoms with E-state index >= 15 is 0 Å². The predicted molar refractivity (Wildman–Crippen MR) is 47.0 cm³/mol. The minimum atomic E-state index is -4.45. The Hall–Kier alpha value is -0.600. The number of nitrogens with one attached hydrogen (secondary N) is 1. The summed E-state index contributed by atoms with van der Waals surface area (Å²) in [5, 5.41) is 3.67. The van der Waals surface area contributed by atoms with Crippen molar-refractivity contribution in [3.63, 3.8) is 0 Å². The van der Waals surface area contributed by atoms with Gasteiger partial charge in [0.05, 0.1) is 16.4 Å². The third kappa shape index (κ3) is 2.07. The zero-order valence-corrected chi connectivity index (χ0v) is 8.72. The highest BCUT2D eigenvalue weighted by molar-refractivity contribution is 9.10. The van der Waals surface area contributed by atoms with Gasteiger partial charge in [0.15, 0.2) is 6.04 Å². The number of nitrogens with two attached hydrogens (primary N) is 1. The minimum absolute atomic E-state index is 0.0556. The SMILES string of the molecule is Cn1ncc(Br)c1C(NN)C(F)(F)F. The van der Waals surface area contributed by atoms with Crippen molar-refractivity contribution in [3.05, 3.63) is 16.4 Å². The maximum absolute atomic E-state index is 12.4. The van der Waals surface area contributed by atoms with Crippen molar-refractivity contribution in [1.29, 1.82) is 0 Å². The standard InChI is InChI=1S/C6H8BrF3N4/c1-14-4(3(7)2-12-14)5(13-11)6(8,9)10/h2,5,13H,11H2,1H3. The molecule has 1 aromatic rings. The molecule has 8 heteroatoms. The number of halogens is 4. The highest BCUT2D eigenvalue weighted by Gasteiger charge is 2.42. The molecule has 0 radical (unpaired) electrons. The molecule has 1 unspecified atom stereocenters. The Labute approximate surface area is 86.4 Å². The Morgan fingerprint density at radius 3 is 2.50 bits per heavy atom. The quantitative estimate of drug-likeness (QED) is 0.629. The second kappa shape index (κ2) is 3.87. The fraction of sp³-hybridized carbons (Fsp3) is 0.500. The lowest BCUT2D eigenvalue weighted by Crippen LogP contribution is -2.39. The first kappa shape index (κ1) is 11.5. The van der Waals surface area contributed by atoms with E-state index in [9.17, 15) is 13.2 Å². The van der Waals surface area contributed by atoms with Crippen molar-refractivity contribution < 1.29 is 13.2 Å². The molecule has 1 rings (SSSR count). The number of hydrogen-bond acceptors (Lipinski definition) is 3. The fourth-order valence-corrected chi connectivity index (χ4v) is 1.65. The molecule has 0 amide bonds. The van der Waals surface area contributed by atoms with Crippen molar-refractivity contribution in [2.24, 2.45) is 12.9 Å². The Morgan fingerprint density at radius 2 is 2.21 bits per heavy atom. The first-order valence-electron chi connectivity index (χ1n) is 3.58. The van der Waals surface area contributed by atoms with E-state index < -0.39 is 12.2 Å². The number of aryl methyl sites for hydroxylation is 1. The second-order valence-corrected chi connectivity index (χ2v) is 3.50. The first-order chi connectivity index (χ1) is 6.38. The summed E-state index contributed by atoms with van der Waals surface area (Å²) in [5.41, 5.74) is 1.65. The third-order valence-corrected chi connectivity index (χ3v) is 2.32. The van der Waals surface area contributed by atoms with Crippen LogP contribution in [0.1, 0.15) is 11.7 Å². The highest BCUT2D eigenvalue weighted by Crippen LogP contribution is 2.34. The molecule has 1 heterocycles. The van der Waals surface area contributed by atoms with Crippen LogP contribution in [0.4, 0.5) is 13.2 Å². The van der Waals surface area contributed by atoms with Crippen LogP contribution in [0.5, 0.6) is 0 Å². The van der Waals surface area contributed by atoms with Crippen molar-refractivity contribution in [2.75, 3.05) is 0 Å². The molecule has 0 aliphatic heterocycles. The second-order valence-electron chi connectivity index (χ2n) is 2.64. The summed E-state index contributed by atoms with van der Waals surface area (Å²) in [4.78, 5) is 0. The summed E-state index contributed by atoms with van der Waals surface area (Å²) in [6.07, 6.45) is -3.17. The van der Waals surface area contributed by atoms with E-state index in [2.05, 4.69) is 21.0 Å². The fourth-order valence-electron chi connectivity index (χ4n) is 1.07. The summed E-state index contributed by atoms with van der Waals surface area (Å²) in [7, 11) is 1.41. The van der Waals surface area contributed by atoms with E-state index in [0.29, 0.717) is 0 Å². The van der Waals surface area contributed by atoms with Crippen LogP contribution in [0.2, 0.25) is 0 Å². The van der Waals surface area contributed by atoms with Gasteiger partial charge in [0.2, 0.25) is 0 Å². The number of nitrogens with zero attached hydrogens (tertiary/aromatic N) is 2. The van der Waals surface area contributed by atoms with E-state index in [1.54, 1.807) is 5.43 Å². The average molecular weight is 273 g/mol. The van der Waals surface area contributed by atoms with Crippen LogP contribution in [0.3, 0.4) is 0 Å². The minimum Gasteiger partial charge on any atom is -0.271 e. The predicted octanol–water partition coefficient (Wildman–Crippen LogP) is 1.25. The number of alkyl halides is 3. The molecule has 14 heavy (non-hydrogen) atoms. The molecule has 0 aliphatic rings. The molecule has 0 bridgehead atoms. The Bertz CT molecular complexity index is 302. The summed E-state index contributed by atoms with van der Waals surface area (Å²) in [6.45, 7) is 0. The van der Waals surface area contributed by atoms with Crippen molar-refractivity contribution in [2.45, 2.75) is 12.2 Å². The van der Waals surface area contributed by atoms with Gasteiger partial charge in [0.25, 0.3) is 0 Å². The van der Waals surface area contributed by atoms with Crippen LogP contribution >= 0.6 is 15.9 Å². The van der Waals surface area contributed by atoms with Crippen LogP contribution in [-0.2, 0) is 7.05 Å². The van der Waals surface area contributed by atoms with E-state index in [1.807, 2.05) is 0 Å². The van der Waals surface area contributed by atoms with Gasteiger partial charge in [-0.3, -0.25) is 10.5 Å². The normalized spacial score (nSPS) is 14.4. The number of hydrazine groups is 1. The molecule has 1 aromatic heterocycles. The van der Waals surface area contributed by atoms with Crippen molar-refractivity contribution in [1.82, 2.24) is 15.2 Å². The van der Waals surface area contributed by atoms with Crippen LogP contribution in [0.25, 0.3) is 0 Å². The molecule has 0 saturated heterocycles. The topological polar surface area (TPSA) is 55.9 Å². The zero-order valence-electron chi connectivity index (χ0n) is 7.14. The maximum Gasteiger partial charge on any atom is 0.410 e. The monoisotopic (exact) mass is 272 g/mol. The molecule has 4 nitrogen and oxygen atoms in total. The Kier molecular flexibility index (Phi) is 3.17. The van der Waals surface area contributed by atoms with Crippen LogP contribution < -0.4 is 11.3 Å². The van der Waals surface area contributed by atoms with Crippen LogP contribution in [0.15, 0.2) is 10.7 Å². The largest absolute Gasteiger partial charge is 0.410 e. The Balaban J connectivity index is 3.13. The lowest BCUT2D eigenvalue weighted by molar-refractivity contribution is -0.159. The Morgan fingerprint density at radius 1 is 1.64 bits per heavy atom. The van der Waals surface area contributed by atoms with E-state index in [1.165, 1.54) is 13.2 Å². The zero-order chi connectivity index (χ0) is 10.9. The number of rotatable bonds is 2. The van der Waals surface area contributed by atoms with Gasteiger partial charge in [-0.05, 0) is 15.9 Å². The van der Waals surface area contributed by atoms with Gasteiger partial charge in [0.1, 0.15) is 0 Å². The molecular weight excluding hydrogens is 265 g/mol. The van der Waals surface area contributed by atoms with Gasteiger partial charge in [-0.1, -0.05) is 0 Å². The van der Waals surface area contributed by atoms with Gasteiger partial charge >= 0.3 is 6.18 Å². The number of aromatic nitrogens is 2. The smallest absolute Gasteiger partial charge is 0.271 e. The lowest BCUT2D eigenvalue weighted by Gasteiger charge is -2.19. The molecular formula is C6H8BrF3N4. The van der Waals surface area contributed by atoms with E-state index in [4.69, 9.17) is 5.84 Å². The van der Waals surface area contributed by atoms with Crippen molar-refractivity contribution in [3.8, 4) is 0 Å². The molecule has 1 atom stereocenters. The lowest BCUT2D eigenvalue weighted by atomic mass is 10.2. The molecule has 80 valence electrons. The van der Waals surface area contributed by atoms with E-state index in [0.717, 1.165) is 4.68 Å². The maximum atomic E-state index is 12.4. The molecule has 3 N–H and O–H groups in total. The molecule has 0 spiro atoms. The van der Waals surface area contributed by atoms with Crippen molar-refractivity contribution >= 4 is 15.9 Å². The molecule has 0 saturated carbocycles. The summed E-state index contributed by atoms with van der Waals surface area (Å²) in [6, 6.07) is -1.93. The van der Waals surface area contributed by atoms with Gasteiger partial charge in [0, 0.05) is 7.05 Å². The van der Waals surface area contributed by atoms with Gasteiger partial charge in [-0.2, -0.15) is 18.3 Å². The van der Waals surface area contributed by atoms with Crippen LogP contribution in [-0.4, -0.2) is 16.0 Å². The first-order valence-corrected chi connectivity index (χ1v) is 4.37. The third-order valence-electron chi connectivity index (χ3n) is 1.71. The van der Waals surface area contributed by atoms with Gasteiger partial charge < -0.3 is 0 Å². The average Bonchev–Trinajstić information content (AvgIpc) is 2.34. The summed E-state index contributed by atoms with van der Waals surface area (Å²) < 4.78 is 38.7. The molecule has 0 fully saturated rings. The summed E-state index contributed by atoms with van der Waals surface area (Å²) >= 11 is 2.97. The molecule has 0 aliphatic carbocycles. The highest BCUT2D eigenvalue weighted by atomic mass is 79.9. The molecule has 0 aromatic carbocycles. The van der Waals surface area contributed by atoms with Crippen LogP contribution in [0, 0.1) is 0 Å². The number of hydrogen-bond donors (Lipinski definition) is 2.